The highest BCUT2D eigenvalue weighted by molar-refractivity contribution is 5.81. The third-order valence-electron chi connectivity index (χ3n) is 2.88. The van der Waals surface area contributed by atoms with Gasteiger partial charge in [0.1, 0.15) is 0 Å². The Hall–Kier alpha value is -1.26. The molecular formula is C8H12N2O3. The predicted octanol–water partition coefficient (Wildman–Crippen LogP) is -0.268. The van der Waals surface area contributed by atoms with Gasteiger partial charge in [-0.1, -0.05) is 0 Å². The van der Waals surface area contributed by atoms with E-state index < -0.39 is 6.09 Å². The van der Waals surface area contributed by atoms with Crippen LogP contribution >= 0.6 is 0 Å². The normalized spacial score (nSPS) is 32.6. The van der Waals surface area contributed by atoms with Gasteiger partial charge in [-0.2, -0.15) is 0 Å². The number of nitrogens with zero attached hydrogens (tertiary/aromatic N) is 1. The molecule has 0 aromatic carbocycles. The SMILES string of the molecule is O=C1NC[C@@H]2CN(C(=O)O)CC[C@@H]12. The van der Waals surface area contributed by atoms with Crippen molar-refractivity contribution in [3.8, 4) is 0 Å². The molecule has 0 aromatic heterocycles. The van der Waals surface area contributed by atoms with Gasteiger partial charge in [0.2, 0.25) is 5.91 Å². The van der Waals surface area contributed by atoms with Crippen LogP contribution in [-0.4, -0.2) is 41.6 Å². The Balaban J connectivity index is 2.03. The van der Waals surface area contributed by atoms with Crippen LogP contribution in [0.15, 0.2) is 0 Å². The lowest BCUT2D eigenvalue weighted by Gasteiger charge is -2.31. The molecule has 5 heteroatoms. The molecule has 2 fully saturated rings. The maximum atomic E-state index is 11.2. The molecule has 0 bridgehead atoms. The van der Waals surface area contributed by atoms with Gasteiger partial charge in [-0.15, -0.1) is 0 Å². The van der Waals surface area contributed by atoms with Crippen LogP contribution in [0.1, 0.15) is 6.42 Å². The van der Waals surface area contributed by atoms with E-state index in [0.29, 0.717) is 26.1 Å². The summed E-state index contributed by atoms with van der Waals surface area (Å²) in [6.45, 7) is 1.62. The quantitative estimate of drug-likeness (QED) is 0.544. The van der Waals surface area contributed by atoms with Gasteiger partial charge < -0.3 is 15.3 Å². The zero-order chi connectivity index (χ0) is 9.42. The Morgan fingerprint density at radius 1 is 1.62 bits per heavy atom. The molecule has 0 unspecified atom stereocenters. The van der Waals surface area contributed by atoms with Crippen LogP contribution in [0, 0.1) is 11.8 Å². The smallest absolute Gasteiger partial charge is 0.407 e. The molecule has 2 saturated heterocycles. The molecule has 2 atom stereocenters. The lowest BCUT2D eigenvalue weighted by Crippen LogP contribution is -2.43. The van der Waals surface area contributed by atoms with Gasteiger partial charge in [0, 0.05) is 31.5 Å². The molecule has 0 spiro atoms. The topological polar surface area (TPSA) is 69.6 Å². The molecule has 2 rings (SSSR count). The van der Waals surface area contributed by atoms with E-state index in [9.17, 15) is 9.59 Å². The average molecular weight is 184 g/mol. The summed E-state index contributed by atoms with van der Waals surface area (Å²) < 4.78 is 0. The fourth-order valence-electron chi connectivity index (χ4n) is 2.12. The molecular weight excluding hydrogens is 172 g/mol. The van der Waals surface area contributed by atoms with E-state index in [4.69, 9.17) is 5.11 Å². The summed E-state index contributed by atoms with van der Waals surface area (Å²) in [6, 6.07) is 0. The lowest BCUT2D eigenvalue weighted by atomic mass is 9.88. The van der Waals surface area contributed by atoms with E-state index in [2.05, 4.69) is 5.32 Å². The zero-order valence-corrected chi connectivity index (χ0v) is 7.19. The van der Waals surface area contributed by atoms with Crippen molar-refractivity contribution in [2.45, 2.75) is 6.42 Å². The van der Waals surface area contributed by atoms with Gasteiger partial charge in [-0.25, -0.2) is 4.79 Å². The van der Waals surface area contributed by atoms with Crippen molar-refractivity contribution in [3.63, 3.8) is 0 Å². The van der Waals surface area contributed by atoms with Crippen molar-refractivity contribution in [1.82, 2.24) is 10.2 Å². The third kappa shape index (κ3) is 1.34. The minimum absolute atomic E-state index is 0.0515. The van der Waals surface area contributed by atoms with Crippen LogP contribution < -0.4 is 5.32 Å². The van der Waals surface area contributed by atoms with Gasteiger partial charge in [0.15, 0.2) is 0 Å². The van der Waals surface area contributed by atoms with E-state index in [1.165, 1.54) is 4.90 Å². The monoisotopic (exact) mass is 184 g/mol. The fourth-order valence-corrected chi connectivity index (χ4v) is 2.12. The summed E-state index contributed by atoms with van der Waals surface area (Å²) in [4.78, 5) is 23.2. The number of piperidine rings is 1. The van der Waals surface area contributed by atoms with Crippen molar-refractivity contribution in [2.24, 2.45) is 11.8 Å². The van der Waals surface area contributed by atoms with E-state index in [1.807, 2.05) is 0 Å². The van der Waals surface area contributed by atoms with Crippen molar-refractivity contribution in [1.29, 1.82) is 0 Å². The molecule has 2 N–H and O–H groups in total. The zero-order valence-electron chi connectivity index (χ0n) is 7.19. The maximum absolute atomic E-state index is 11.2. The molecule has 0 radical (unpaired) electrons. The summed E-state index contributed by atoms with van der Waals surface area (Å²) >= 11 is 0. The third-order valence-corrected chi connectivity index (χ3v) is 2.88. The standard InChI is InChI=1S/C8H12N2O3/c11-7-6-1-2-10(8(12)13)4-5(6)3-9-7/h5-6H,1-4H2,(H,9,11)(H,12,13)/t5-,6-/m1/s1. The Labute approximate surface area is 75.7 Å². The number of hydrogen-bond donors (Lipinski definition) is 2. The highest BCUT2D eigenvalue weighted by Crippen LogP contribution is 2.27. The van der Waals surface area contributed by atoms with Gasteiger partial charge >= 0.3 is 6.09 Å². The molecule has 0 saturated carbocycles. The highest BCUT2D eigenvalue weighted by atomic mass is 16.4. The van der Waals surface area contributed by atoms with Crippen molar-refractivity contribution in [2.75, 3.05) is 19.6 Å². The second kappa shape index (κ2) is 2.90. The van der Waals surface area contributed by atoms with Crippen LogP contribution in [0.2, 0.25) is 0 Å². The molecule has 2 aliphatic heterocycles. The van der Waals surface area contributed by atoms with E-state index in [0.717, 1.165) is 0 Å². The van der Waals surface area contributed by atoms with Crippen LogP contribution in [0.5, 0.6) is 0 Å². The number of fused-ring (bicyclic) bond motifs is 1. The largest absolute Gasteiger partial charge is 0.465 e. The summed E-state index contributed by atoms with van der Waals surface area (Å²) in [7, 11) is 0. The van der Waals surface area contributed by atoms with Crippen molar-refractivity contribution >= 4 is 12.0 Å². The van der Waals surface area contributed by atoms with Crippen LogP contribution in [-0.2, 0) is 4.79 Å². The highest BCUT2D eigenvalue weighted by Gasteiger charge is 2.39. The fraction of sp³-hybridized carbons (Fsp3) is 0.750. The number of carboxylic acid groups (broad SMARTS) is 1. The van der Waals surface area contributed by atoms with Crippen LogP contribution in [0.4, 0.5) is 4.79 Å². The number of carbonyl (C=O) groups excluding carboxylic acids is 1. The van der Waals surface area contributed by atoms with Crippen LogP contribution in [0.25, 0.3) is 0 Å². The van der Waals surface area contributed by atoms with Gasteiger partial charge in [-0.3, -0.25) is 4.79 Å². The average Bonchev–Trinajstić information content (AvgIpc) is 2.47. The van der Waals surface area contributed by atoms with Crippen molar-refractivity contribution in [3.05, 3.63) is 0 Å². The minimum Gasteiger partial charge on any atom is -0.465 e. The molecule has 0 aromatic rings. The molecule has 2 heterocycles. The molecule has 72 valence electrons. The first-order valence-corrected chi connectivity index (χ1v) is 4.44. The number of amides is 2. The second-order valence-electron chi connectivity index (χ2n) is 3.63. The van der Waals surface area contributed by atoms with Crippen molar-refractivity contribution < 1.29 is 14.7 Å². The van der Waals surface area contributed by atoms with Gasteiger partial charge in [-0.05, 0) is 6.42 Å². The number of likely N-dealkylation sites (tertiary alicyclic amines) is 1. The summed E-state index contributed by atoms with van der Waals surface area (Å²) in [5.74, 6) is 0.336. The number of rotatable bonds is 0. The first-order chi connectivity index (χ1) is 6.18. The van der Waals surface area contributed by atoms with E-state index >= 15 is 0 Å². The summed E-state index contributed by atoms with van der Waals surface area (Å²) in [5, 5.41) is 11.5. The Kier molecular flexibility index (Phi) is 1.86. The Morgan fingerprint density at radius 3 is 3.08 bits per heavy atom. The minimum atomic E-state index is -0.877. The van der Waals surface area contributed by atoms with Crippen LogP contribution in [0.3, 0.4) is 0 Å². The summed E-state index contributed by atoms with van der Waals surface area (Å²) in [6.07, 6.45) is -0.208. The predicted molar refractivity (Wildman–Crippen MR) is 44.2 cm³/mol. The summed E-state index contributed by atoms with van der Waals surface area (Å²) in [5.41, 5.74) is 0. The van der Waals surface area contributed by atoms with E-state index in [-0.39, 0.29) is 17.7 Å². The molecule has 2 aliphatic rings. The molecule has 0 aliphatic carbocycles. The Bertz CT molecular complexity index is 254. The first-order valence-electron chi connectivity index (χ1n) is 4.44. The van der Waals surface area contributed by atoms with Gasteiger partial charge in [0.25, 0.3) is 0 Å². The number of hydrogen-bond acceptors (Lipinski definition) is 2. The lowest BCUT2D eigenvalue weighted by molar-refractivity contribution is -0.123. The van der Waals surface area contributed by atoms with Gasteiger partial charge in [0.05, 0.1) is 0 Å². The molecule has 5 nitrogen and oxygen atoms in total. The number of carbonyl (C=O) groups is 2. The Morgan fingerprint density at radius 2 is 2.38 bits per heavy atom. The maximum Gasteiger partial charge on any atom is 0.407 e. The second-order valence-corrected chi connectivity index (χ2v) is 3.63. The molecule has 13 heavy (non-hydrogen) atoms. The molecule has 2 amide bonds. The number of nitrogens with one attached hydrogen (secondary N) is 1. The first kappa shape index (κ1) is 8.34. The van der Waals surface area contributed by atoms with E-state index in [1.54, 1.807) is 0 Å².